The van der Waals surface area contributed by atoms with Crippen LogP contribution in [0.1, 0.15) is 25.0 Å². The smallest absolute Gasteiger partial charge is 0.229 e. The van der Waals surface area contributed by atoms with Gasteiger partial charge in [0.15, 0.2) is 0 Å². The number of ether oxygens (including phenoxy) is 1. The number of hydrogen-bond acceptors (Lipinski definition) is 3. The molecular formula is C28H23FN2O. The summed E-state index contributed by atoms with van der Waals surface area (Å²) in [5.74, 6) is 0.523. The van der Waals surface area contributed by atoms with Gasteiger partial charge < -0.3 is 9.64 Å². The molecular weight excluding hydrogens is 399 g/mol. The van der Waals surface area contributed by atoms with E-state index in [1.807, 2.05) is 48.7 Å². The Morgan fingerprint density at radius 1 is 0.875 bits per heavy atom. The fourth-order valence-corrected chi connectivity index (χ4v) is 5.16. The van der Waals surface area contributed by atoms with Crippen molar-refractivity contribution in [2.45, 2.75) is 31.5 Å². The van der Waals surface area contributed by atoms with Gasteiger partial charge in [-0.25, -0.2) is 4.39 Å². The molecule has 0 aromatic heterocycles. The lowest BCUT2D eigenvalue weighted by molar-refractivity contribution is 0.0763. The Bertz CT molecular complexity index is 1390. The lowest BCUT2D eigenvalue weighted by atomic mass is 9.77. The van der Waals surface area contributed by atoms with Crippen molar-refractivity contribution in [3.8, 4) is 5.75 Å². The molecule has 3 nitrogen and oxygen atoms in total. The van der Waals surface area contributed by atoms with E-state index in [1.54, 1.807) is 6.07 Å². The van der Waals surface area contributed by atoms with Gasteiger partial charge in [-0.1, -0.05) is 66.7 Å². The number of hydrogen-bond donors (Lipinski definition) is 0. The minimum atomic E-state index is -0.881. The standard InChI is InChI=1S/C28H23FN2O/c1-27(2)22-12-6-8-14-24(22)31(17-20-10-4-7-13-23(20)29)28(27)18-30-26-21-11-5-3-9-19(21)15-16-25(26)32-28/h3-16,18H,17H2,1-2H3. The zero-order valence-corrected chi connectivity index (χ0v) is 18.0. The minimum absolute atomic E-state index is 0.219. The Kier molecular flexibility index (Phi) is 3.97. The Balaban J connectivity index is 1.55. The average Bonchev–Trinajstić information content (AvgIpc) is 2.99. The van der Waals surface area contributed by atoms with Crippen LogP contribution >= 0.6 is 0 Å². The van der Waals surface area contributed by atoms with Crippen molar-refractivity contribution in [1.29, 1.82) is 0 Å². The number of rotatable bonds is 2. The van der Waals surface area contributed by atoms with E-state index in [1.165, 1.54) is 6.07 Å². The van der Waals surface area contributed by atoms with Crippen molar-refractivity contribution in [2.24, 2.45) is 4.99 Å². The van der Waals surface area contributed by atoms with Gasteiger partial charge in [-0.05, 0) is 43.0 Å². The number of benzene rings is 4. The first-order chi connectivity index (χ1) is 15.5. The summed E-state index contributed by atoms with van der Waals surface area (Å²) in [5.41, 5.74) is 2.37. The largest absolute Gasteiger partial charge is 0.459 e. The maximum absolute atomic E-state index is 14.7. The van der Waals surface area contributed by atoms with Crippen molar-refractivity contribution in [3.63, 3.8) is 0 Å². The van der Waals surface area contributed by atoms with Crippen LogP contribution in [0.5, 0.6) is 5.75 Å². The molecule has 32 heavy (non-hydrogen) atoms. The van der Waals surface area contributed by atoms with Gasteiger partial charge in [-0.3, -0.25) is 4.99 Å². The number of halogens is 1. The Morgan fingerprint density at radius 3 is 2.50 bits per heavy atom. The monoisotopic (exact) mass is 422 g/mol. The van der Waals surface area contributed by atoms with E-state index in [9.17, 15) is 4.39 Å². The Labute approximate surface area is 186 Å². The molecule has 4 aromatic carbocycles. The number of fused-ring (bicyclic) bond motifs is 4. The molecule has 0 amide bonds. The lowest BCUT2D eigenvalue weighted by Gasteiger charge is -2.46. The molecule has 4 aromatic rings. The van der Waals surface area contributed by atoms with Crippen molar-refractivity contribution in [2.75, 3.05) is 4.90 Å². The SMILES string of the molecule is CC1(C)c2ccccc2N(Cc2ccccc2F)C12C=Nc1c(ccc3ccccc13)O2. The van der Waals surface area contributed by atoms with Gasteiger partial charge in [0.25, 0.3) is 0 Å². The third-order valence-electron chi connectivity index (χ3n) is 6.95. The van der Waals surface area contributed by atoms with E-state index in [2.05, 4.69) is 49.1 Å². The summed E-state index contributed by atoms with van der Waals surface area (Å²) in [4.78, 5) is 7.12. The van der Waals surface area contributed by atoms with E-state index in [0.29, 0.717) is 12.1 Å². The van der Waals surface area contributed by atoms with Crippen molar-refractivity contribution in [1.82, 2.24) is 0 Å². The maximum atomic E-state index is 14.7. The predicted octanol–water partition coefficient (Wildman–Crippen LogP) is 6.77. The summed E-state index contributed by atoms with van der Waals surface area (Å²) >= 11 is 0. The van der Waals surface area contributed by atoms with Crippen molar-refractivity contribution >= 4 is 28.4 Å². The van der Waals surface area contributed by atoms with Crippen LogP contribution in [-0.2, 0) is 12.0 Å². The minimum Gasteiger partial charge on any atom is -0.459 e. The molecule has 0 aliphatic carbocycles. The quantitative estimate of drug-likeness (QED) is 0.356. The van der Waals surface area contributed by atoms with Gasteiger partial charge in [0.1, 0.15) is 17.3 Å². The molecule has 0 radical (unpaired) electrons. The molecule has 1 atom stereocenters. The number of nitrogens with zero attached hydrogens (tertiary/aromatic N) is 2. The fraction of sp³-hybridized carbons (Fsp3) is 0.179. The first kappa shape index (κ1) is 19.1. The Hall–Kier alpha value is -3.66. The molecule has 1 unspecified atom stereocenters. The van der Waals surface area contributed by atoms with Crippen LogP contribution in [0.25, 0.3) is 10.8 Å². The van der Waals surface area contributed by atoms with Gasteiger partial charge in [-0.15, -0.1) is 0 Å². The molecule has 2 aliphatic heterocycles. The molecule has 158 valence electrons. The molecule has 0 saturated carbocycles. The highest BCUT2D eigenvalue weighted by Gasteiger charge is 2.59. The molecule has 4 heteroatoms. The molecule has 0 saturated heterocycles. The molecule has 6 rings (SSSR count). The van der Waals surface area contributed by atoms with Gasteiger partial charge in [-0.2, -0.15) is 0 Å². The molecule has 2 heterocycles. The van der Waals surface area contributed by atoms with Crippen LogP contribution in [0.15, 0.2) is 89.9 Å². The van der Waals surface area contributed by atoms with E-state index in [-0.39, 0.29) is 5.82 Å². The summed E-state index contributed by atoms with van der Waals surface area (Å²) in [6.07, 6.45) is 1.92. The highest BCUT2D eigenvalue weighted by atomic mass is 19.1. The van der Waals surface area contributed by atoms with Crippen molar-refractivity contribution in [3.05, 3.63) is 102 Å². The summed E-state index contributed by atoms with van der Waals surface area (Å²) < 4.78 is 21.5. The average molecular weight is 423 g/mol. The lowest BCUT2D eigenvalue weighted by Crippen LogP contribution is -2.62. The van der Waals surface area contributed by atoms with Gasteiger partial charge in [0.2, 0.25) is 5.72 Å². The summed E-state index contributed by atoms with van der Waals surface area (Å²) in [6.45, 7) is 4.72. The summed E-state index contributed by atoms with van der Waals surface area (Å²) in [5, 5.41) is 2.19. The highest BCUT2D eigenvalue weighted by molar-refractivity contribution is 5.99. The number of anilines is 1. The van der Waals surface area contributed by atoms with Crippen LogP contribution in [0.4, 0.5) is 15.8 Å². The molecule has 2 aliphatic rings. The van der Waals surface area contributed by atoms with Crippen LogP contribution in [-0.4, -0.2) is 11.9 Å². The highest BCUT2D eigenvalue weighted by Crippen LogP contribution is 2.55. The molecule has 0 fully saturated rings. The molecule has 1 spiro atoms. The number of aliphatic imine (C=N–C) groups is 1. The first-order valence-corrected chi connectivity index (χ1v) is 10.9. The van der Waals surface area contributed by atoms with Gasteiger partial charge in [0.05, 0.1) is 18.2 Å². The summed E-state index contributed by atoms with van der Waals surface area (Å²) in [7, 11) is 0. The van der Waals surface area contributed by atoms with E-state index >= 15 is 0 Å². The maximum Gasteiger partial charge on any atom is 0.229 e. The van der Waals surface area contributed by atoms with E-state index in [0.717, 1.165) is 33.5 Å². The predicted molar refractivity (Wildman–Crippen MR) is 128 cm³/mol. The molecule has 0 bridgehead atoms. The third-order valence-corrected chi connectivity index (χ3v) is 6.95. The van der Waals surface area contributed by atoms with E-state index < -0.39 is 11.1 Å². The second-order valence-electron chi connectivity index (χ2n) is 9.01. The zero-order valence-electron chi connectivity index (χ0n) is 18.0. The van der Waals surface area contributed by atoms with Crippen LogP contribution in [0.2, 0.25) is 0 Å². The second-order valence-corrected chi connectivity index (χ2v) is 9.01. The van der Waals surface area contributed by atoms with Crippen LogP contribution in [0.3, 0.4) is 0 Å². The molecule has 0 N–H and O–H groups in total. The van der Waals surface area contributed by atoms with Gasteiger partial charge in [0, 0.05) is 16.6 Å². The third kappa shape index (κ3) is 2.49. The van der Waals surface area contributed by atoms with Crippen molar-refractivity contribution < 1.29 is 9.13 Å². The Morgan fingerprint density at radius 2 is 1.62 bits per heavy atom. The number of para-hydroxylation sites is 1. The van der Waals surface area contributed by atoms with E-state index in [4.69, 9.17) is 9.73 Å². The second kappa shape index (κ2) is 6.67. The zero-order chi connectivity index (χ0) is 21.9. The summed E-state index contributed by atoms with van der Waals surface area (Å²) in [6, 6.07) is 27.5. The van der Waals surface area contributed by atoms with Crippen LogP contribution < -0.4 is 9.64 Å². The fourth-order valence-electron chi connectivity index (χ4n) is 5.16. The van der Waals surface area contributed by atoms with Gasteiger partial charge >= 0.3 is 0 Å². The first-order valence-electron chi connectivity index (χ1n) is 10.9. The van der Waals surface area contributed by atoms with Crippen LogP contribution in [0, 0.1) is 5.82 Å². The topological polar surface area (TPSA) is 24.8 Å². The normalized spacial score (nSPS) is 20.3.